The minimum atomic E-state index is -3.58. The normalized spacial score (nSPS) is 14.3. The third-order valence-corrected chi connectivity index (χ3v) is 7.34. The van der Waals surface area contributed by atoms with Crippen molar-refractivity contribution in [1.82, 2.24) is 0 Å². The third kappa shape index (κ3) is 3.09. The number of nitrogens with one attached hydrogen (secondary N) is 1. The molecule has 1 N–H and O–H groups in total. The van der Waals surface area contributed by atoms with E-state index in [-0.39, 0.29) is 18.9 Å². The lowest BCUT2D eigenvalue weighted by Crippen LogP contribution is -2.28. The zero-order valence-corrected chi connectivity index (χ0v) is 17.0. The number of rotatable bonds is 5. The molecule has 6 heteroatoms. The molecule has 4 aromatic rings. The van der Waals surface area contributed by atoms with E-state index in [4.69, 9.17) is 0 Å². The Balaban J connectivity index is 1.27. The number of fused-ring (bicyclic) bond motifs is 1. The Hall–Kier alpha value is -3.38. The molecule has 0 spiro atoms. The van der Waals surface area contributed by atoms with Gasteiger partial charge in [-0.25, -0.2) is 8.42 Å². The summed E-state index contributed by atoms with van der Waals surface area (Å²) in [5.41, 5.74) is 1.43. The van der Waals surface area contributed by atoms with E-state index < -0.39 is 10.0 Å². The van der Waals surface area contributed by atoms with Gasteiger partial charge in [0.2, 0.25) is 5.91 Å². The van der Waals surface area contributed by atoms with E-state index in [9.17, 15) is 13.2 Å². The summed E-state index contributed by atoms with van der Waals surface area (Å²) in [7, 11) is -3.58. The molecule has 0 aliphatic carbocycles. The van der Waals surface area contributed by atoms with Crippen molar-refractivity contribution in [3.05, 3.63) is 78.9 Å². The van der Waals surface area contributed by atoms with Crippen molar-refractivity contribution in [3.63, 3.8) is 0 Å². The second-order valence-electron chi connectivity index (χ2n) is 7.42. The zero-order valence-electron chi connectivity index (χ0n) is 16.2. The summed E-state index contributed by atoms with van der Waals surface area (Å²) in [6, 6.07) is 24.7. The molecular weight excluding hydrogens is 396 g/mol. The highest BCUT2D eigenvalue weighted by atomic mass is 32.2. The van der Waals surface area contributed by atoms with Gasteiger partial charge in [-0.3, -0.25) is 9.10 Å². The number of carbonyl (C=O) groups excluding carboxylic acids is 1. The topological polar surface area (TPSA) is 66.5 Å². The van der Waals surface area contributed by atoms with E-state index in [1.807, 2.05) is 66.7 Å². The Morgan fingerprint density at radius 1 is 0.833 bits per heavy atom. The van der Waals surface area contributed by atoms with Crippen molar-refractivity contribution < 1.29 is 13.2 Å². The van der Waals surface area contributed by atoms with Gasteiger partial charge in [0.1, 0.15) is 0 Å². The summed E-state index contributed by atoms with van der Waals surface area (Å²) in [5.74, 6) is -0.127. The largest absolute Gasteiger partial charge is 0.326 e. The number of carbonyl (C=O) groups is 1. The number of benzene rings is 4. The van der Waals surface area contributed by atoms with Crippen LogP contribution in [0.25, 0.3) is 21.5 Å². The lowest BCUT2D eigenvalue weighted by molar-refractivity contribution is -0.116. The number of hydrogen-bond acceptors (Lipinski definition) is 3. The van der Waals surface area contributed by atoms with Crippen LogP contribution in [0.4, 0.5) is 11.4 Å². The van der Waals surface area contributed by atoms with Crippen LogP contribution in [0.1, 0.15) is 12.8 Å². The van der Waals surface area contributed by atoms with Crippen molar-refractivity contribution in [3.8, 4) is 0 Å². The predicted molar refractivity (Wildman–Crippen MR) is 120 cm³/mol. The minimum absolute atomic E-state index is 0.127. The molecule has 0 saturated heterocycles. The first-order valence-corrected chi connectivity index (χ1v) is 11.3. The monoisotopic (exact) mass is 416 g/mol. The maximum absolute atomic E-state index is 13.0. The average Bonchev–Trinajstić information content (AvgIpc) is 2.97. The fourth-order valence-electron chi connectivity index (χ4n) is 4.07. The standard InChI is InChI=1S/C24H20N2O3S/c27-23(25-20-14-13-17-6-1-2-7-19(17)16-20)12-5-15-26-21-10-3-8-18-9-4-11-22(24(18)21)30(26,28)29/h1-4,6-11,13-14,16H,5,12,15H2,(H,25,27). The number of amides is 1. The molecule has 30 heavy (non-hydrogen) atoms. The van der Waals surface area contributed by atoms with Crippen molar-refractivity contribution in [2.75, 3.05) is 16.2 Å². The summed E-state index contributed by atoms with van der Waals surface area (Å²) < 4.78 is 27.4. The van der Waals surface area contributed by atoms with Crippen LogP contribution in [0.2, 0.25) is 0 Å². The molecule has 0 bridgehead atoms. The second kappa shape index (κ2) is 7.15. The fourth-order valence-corrected chi connectivity index (χ4v) is 5.82. The molecule has 150 valence electrons. The van der Waals surface area contributed by atoms with Gasteiger partial charge >= 0.3 is 0 Å². The van der Waals surface area contributed by atoms with E-state index in [1.54, 1.807) is 12.1 Å². The lowest BCUT2D eigenvalue weighted by Gasteiger charge is -2.18. The second-order valence-corrected chi connectivity index (χ2v) is 9.25. The van der Waals surface area contributed by atoms with Gasteiger partial charge < -0.3 is 5.32 Å². The van der Waals surface area contributed by atoms with E-state index in [0.29, 0.717) is 17.0 Å². The molecule has 1 heterocycles. The molecule has 0 unspecified atom stereocenters. The molecular formula is C24H20N2O3S. The van der Waals surface area contributed by atoms with Gasteiger partial charge in [0.25, 0.3) is 10.0 Å². The van der Waals surface area contributed by atoms with Crippen LogP contribution in [0, 0.1) is 0 Å². The molecule has 0 saturated carbocycles. The predicted octanol–water partition coefficient (Wildman–Crippen LogP) is 4.92. The Morgan fingerprint density at radius 3 is 2.40 bits per heavy atom. The average molecular weight is 417 g/mol. The van der Waals surface area contributed by atoms with Gasteiger partial charge in [0, 0.05) is 24.0 Å². The summed E-state index contributed by atoms with van der Waals surface area (Å²) in [4.78, 5) is 12.8. The highest BCUT2D eigenvalue weighted by Crippen LogP contribution is 2.41. The van der Waals surface area contributed by atoms with Crippen molar-refractivity contribution in [1.29, 1.82) is 0 Å². The van der Waals surface area contributed by atoms with Crippen LogP contribution in [-0.2, 0) is 14.8 Å². The highest BCUT2D eigenvalue weighted by Gasteiger charge is 2.34. The third-order valence-electron chi connectivity index (χ3n) is 5.48. The van der Waals surface area contributed by atoms with Crippen LogP contribution in [0.3, 0.4) is 0 Å². The number of anilines is 2. The molecule has 5 nitrogen and oxygen atoms in total. The molecule has 5 rings (SSSR count). The zero-order chi connectivity index (χ0) is 20.7. The van der Waals surface area contributed by atoms with Crippen molar-refractivity contribution in [2.45, 2.75) is 17.7 Å². The summed E-state index contributed by atoms with van der Waals surface area (Å²) >= 11 is 0. The molecule has 0 aromatic heterocycles. The molecule has 0 atom stereocenters. The van der Waals surface area contributed by atoms with Gasteiger partial charge in [-0.05, 0) is 46.8 Å². The van der Waals surface area contributed by atoms with Gasteiger partial charge in [0.05, 0.1) is 10.6 Å². The molecule has 1 aliphatic heterocycles. The van der Waals surface area contributed by atoms with E-state index >= 15 is 0 Å². The number of hydrogen-bond donors (Lipinski definition) is 1. The van der Waals surface area contributed by atoms with E-state index in [1.165, 1.54) is 4.31 Å². The van der Waals surface area contributed by atoms with Crippen LogP contribution < -0.4 is 9.62 Å². The van der Waals surface area contributed by atoms with E-state index in [2.05, 4.69) is 5.32 Å². The van der Waals surface area contributed by atoms with Gasteiger partial charge in [-0.15, -0.1) is 0 Å². The van der Waals surface area contributed by atoms with Gasteiger partial charge in [0.15, 0.2) is 0 Å². The van der Waals surface area contributed by atoms with Crippen molar-refractivity contribution >= 4 is 48.9 Å². The summed E-state index contributed by atoms with van der Waals surface area (Å²) in [5, 5.41) is 6.76. The number of sulfonamides is 1. The molecule has 0 fully saturated rings. The molecule has 1 amide bonds. The molecule has 4 aromatic carbocycles. The Kier molecular flexibility index (Phi) is 4.44. The maximum Gasteiger partial charge on any atom is 0.265 e. The van der Waals surface area contributed by atoms with Crippen LogP contribution in [0.5, 0.6) is 0 Å². The van der Waals surface area contributed by atoms with Crippen LogP contribution in [0.15, 0.2) is 83.8 Å². The van der Waals surface area contributed by atoms with Gasteiger partial charge in [-0.1, -0.05) is 54.6 Å². The molecule has 0 radical (unpaired) electrons. The van der Waals surface area contributed by atoms with Crippen molar-refractivity contribution in [2.24, 2.45) is 0 Å². The van der Waals surface area contributed by atoms with Crippen LogP contribution in [-0.4, -0.2) is 20.9 Å². The Bertz CT molecular complexity index is 1390. The molecule has 1 aliphatic rings. The first-order valence-electron chi connectivity index (χ1n) is 9.87. The van der Waals surface area contributed by atoms with Crippen LogP contribution >= 0.6 is 0 Å². The lowest BCUT2D eigenvalue weighted by atomic mass is 10.1. The minimum Gasteiger partial charge on any atom is -0.326 e. The highest BCUT2D eigenvalue weighted by molar-refractivity contribution is 7.93. The Morgan fingerprint density at radius 2 is 1.57 bits per heavy atom. The summed E-state index contributed by atoms with van der Waals surface area (Å²) in [6.07, 6.45) is 0.675. The number of nitrogens with zero attached hydrogens (tertiary/aromatic N) is 1. The van der Waals surface area contributed by atoms with E-state index in [0.717, 1.165) is 27.2 Å². The first kappa shape index (κ1) is 18.6. The summed E-state index contributed by atoms with van der Waals surface area (Å²) in [6.45, 7) is 0.265. The van der Waals surface area contributed by atoms with Gasteiger partial charge in [-0.2, -0.15) is 0 Å². The SMILES string of the molecule is O=C(CCCN1c2cccc3cccc(c23)S1(=O)=O)Nc1ccc2ccccc2c1. The maximum atomic E-state index is 13.0. The fraction of sp³-hybridized carbons (Fsp3) is 0.125. The first-order chi connectivity index (χ1) is 14.5. The smallest absolute Gasteiger partial charge is 0.265 e. The Labute approximate surface area is 175 Å². The quantitative estimate of drug-likeness (QED) is 0.502.